The predicted octanol–water partition coefficient (Wildman–Crippen LogP) is 3.65. The van der Waals surface area contributed by atoms with E-state index in [-0.39, 0.29) is 35.9 Å². The molecule has 0 N–H and O–H groups in total. The van der Waals surface area contributed by atoms with Gasteiger partial charge in [0.15, 0.2) is 0 Å². The van der Waals surface area contributed by atoms with Gasteiger partial charge in [0.2, 0.25) is 0 Å². The molecular weight excluding hydrogens is 268 g/mol. The molecule has 3 nitrogen and oxygen atoms in total. The van der Waals surface area contributed by atoms with Gasteiger partial charge in [-0.05, 0) is 57.7 Å². The molecule has 2 aliphatic rings. The first kappa shape index (κ1) is 14.6. The first-order valence-electron chi connectivity index (χ1n) is 7.30. The van der Waals surface area contributed by atoms with Gasteiger partial charge >= 0.3 is 7.12 Å². The van der Waals surface area contributed by atoms with E-state index in [1.807, 2.05) is 33.8 Å². The molecule has 1 heterocycles. The monoisotopic (exact) mass is 287 g/mol. The maximum atomic E-state index is 14.1. The fourth-order valence-corrected chi connectivity index (χ4v) is 2.83. The van der Waals surface area contributed by atoms with Crippen LogP contribution >= 0.6 is 0 Å². The highest BCUT2D eigenvalue weighted by Crippen LogP contribution is 2.58. The molecule has 1 aliphatic heterocycles. The summed E-state index contributed by atoms with van der Waals surface area (Å²) in [6, 6.07) is 6.63. The molecule has 0 unspecified atom stereocenters. The minimum absolute atomic E-state index is 0.118. The van der Waals surface area contributed by atoms with Gasteiger partial charge in [-0.3, -0.25) is 0 Å². The fraction of sp³-hybridized carbons (Fsp3) is 0.562. The van der Waals surface area contributed by atoms with Crippen molar-refractivity contribution in [3.05, 3.63) is 35.1 Å². The van der Waals surface area contributed by atoms with Crippen LogP contribution in [-0.2, 0) is 9.31 Å². The maximum absolute atomic E-state index is 14.1. The topological polar surface area (TPSA) is 42.2 Å². The van der Waals surface area contributed by atoms with E-state index in [1.165, 1.54) is 6.07 Å². The number of nitrogens with zero attached hydrogens (tertiary/aromatic N) is 1. The highest BCUT2D eigenvalue weighted by molar-refractivity contribution is 6.49. The van der Waals surface area contributed by atoms with E-state index in [0.717, 1.165) is 6.42 Å². The van der Waals surface area contributed by atoms with Crippen LogP contribution < -0.4 is 0 Å². The summed E-state index contributed by atoms with van der Waals surface area (Å²) in [7, 11) is -0.282. The summed E-state index contributed by atoms with van der Waals surface area (Å²) in [6.45, 7) is 8.08. The van der Waals surface area contributed by atoms with Crippen molar-refractivity contribution < 1.29 is 13.7 Å². The number of hydrogen-bond donors (Lipinski definition) is 0. The highest BCUT2D eigenvalue weighted by atomic mass is 19.1. The van der Waals surface area contributed by atoms with Gasteiger partial charge in [0.1, 0.15) is 5.82 Å². The minimum atomic E-state index is -0.353. The summed E-state index contributed by atoms with van der Waals surface area (Å²) in [4.78, 5) is 0. The molecule has 1 aromatic rings. The Hall–Kier alpha value is -1.38. The number of benzene rings is 1. The van der Waals surface area contributed by atoms with Gasteiger partial charge in [0, 0.05) is 5.82 Å². The molecule has 1 aromatic carbocycles. The molecule has 2 atom stereocenters. The van der Waals surface area contributed by atoms with E-state index >= 15 is 0 Å². The SMILES string of the molecule is CC1(C)OB([C@H]2C[C@@H]2c2ccc(C#N)cc2F)OC1(C)C. The van der Waals surface area contributed by atoms with Gasteiger partial charge in [-0.15, -0.1) is 0 Å². The van der Waals surface area contributed by atoms with Crippen LogP contribution in [0.15, 0.2) is 18.2 Å². The third-order valence-corrected chi connectivity index (χ3v) is 4.99. The quantitative estimate of drug-likeness (QED) is 0.780. The van der Waals surface area contributed by atoms with Crippen LogP contribution in [0.5, 0.6) is 0 Å². The van der Waals surface area contributed by atoms with Crippen molar-refractivity contribution in [3.8, 4) is 6.07 Å². The Morgan fingerprint density at radius 1 is 1.24 bits per heavy atom. The van der Waals surface area contributed by atoms with E-state index in [4.69, 9.17) is 14.6 Å². The third kappa shape index (κ3) is 2.37. The Labute approximate surface area is 125 Å². The number of rotatable bonds is 2. The van der Waals surface area contributed by atoms with Gasteiger partial charge in [-0.2, -0.15) is 5.26 Å². The van der Waals surface area contributed by atoms with Crippen molar-refractivity contribution in [2.24, 2.45) is 0 Å². The van der Waals surface area contributed by atoms with E-state index < -0.39 is 0 Å². The van der Waals surface area contributed by atoms with E-state index in [9.17, 15) is 4.39 Å². The summed E-state index contributed by atoms with van der Waals surface area (Å²) in [5.41, 5.74) is 0.306. The van der Waals surface area contributed by atoms with Crippen LogP contribution in [0.25, 0.3) is 0 Å². The van der Waals surface area contributed by atoms with Crippen molar-refractivity contribution in [3.63, 3.8) is 0 Å². The molecule has 21 heavy (non-hydrogen) atoms. The average molecular weight is 287 g/mol. The molecule has 0 amide bonds. The summed E-state index contributed by atoms with van der Waals surface area (Å²) in [6.07, 6.45) is 0.861. The van der Waals surface area contributed by atoms with E-state index in [2.05, 4.69) is 0 Å². The average Bonchev–Trinajstić information content (AvgIpc) is 3.12. The van der Waals surface area contributed by atoms with Crippen LogP contribution in [-0.4, -0.2) is 18.3 Å². The van der Waals surface area contributed by atoms with Gasteiger partial charge in [-0.1, -0.05) is 6.07 Å². The van der Waals surface area contributed by atoms with Gasteiger partial charge in [-0.25, -0.2) is 4.39 Å². The Balaban J connectivity index is 1.75. The normalized spacial score (nSPS) is 29.2. The zero-order valence-corrected chi connectivity index (χ0v) is 12.8. The molecule has 3 rings (SSSR count). The molecule has 5 heteroatoms. The summed E-state index contributed by atoms with van der Waals surface area (Å²) in [5.74, 6) is -0.000930. The van der Waals surface area contributed by atoms with Crippen molar-refractivity contribution in [1.29, 1.82) is 5.26 Å². The van der Waals surface area contributed by atoms with E-state index in [0.29, 0.717) is 11.1 Å². The first-order valence-corrected chi connectivity index (χ1v) is 7.30. The summed E-state index contributed by atoms with van der Waals surface area (Å²) < 4.78 is 26.1. The number of halogens is 1. The molecule has 1 saturated heterocycles. The molecule has 110 valence electrons. The lowest BCUT2D eigenvalue weighted by molar-refractivity contribution is 0.00578. The van der Waals surface area contributed by atoms with Crippen LogP contribution in [0.4, 0.5) is 4.39 Å². The van der Waals surface area contributed by atoms with Gasteiger partial charge < -0.3 is 9.31 Å². The molecule has 0 bridgehead atoms. The number of hydrogen-bond acceptors (Lipinski definition) is 3. The van der Waals surface area contributed by atoms with Gasteiger partial charge in [0.25, 0.3) is 0 Å². The van der Waals surface area contributed by atoms with Crippen LogP contribution in [0, 0.1) is 17.1 Å². The molecular formula is C16H19BFNO2. The highest BCUT2D eigenvalue weighted by Gasteiger charge is 2.60. The van der Waals surface area contributed by atoms with Gasteiger partial charge in [0.05, 0.1) is 22.8 Å². The predicted molar refractivity (Wildman–Crippen MR) is 78.3 cm³/mol. The lowest BCUT2D eigenvalue weighted by atomic mass is 9.79. The minimum Gasteiger partial charge on any atom is -0.403 e. The number of nitriles is 1. The molecule has 0 radical (unpaired) electrons. The zero-order valence-electron chi connectivity index (χ0n) is 12.8. The lowest BCUT2D eigenvalue weighted by Crippen LogP contribution is -2.41. The lowest BCUT2D eigenvalue weighted by Gasteiger charge is -2.32. The first-order chi connectivity index (χ1) is 9.75. The molecule has 0 aromatic heterocycles. The molecule has 2 fully saturated rings. The smallest absolute Gasteiger partial charge is 0.403 e. The Bertz CT molecular complexity index is 607. The molecule has 0 spiro atoms. The van der Waals surface area contributed by atoms with Crippen LogP contribution in [0.2, 0.25) is 5.82 Å². The Morgan fingerprint density at radius 2 is 1.86 bits per heavy atom. The second kappa shape index (κ2) is 4.56. The van der Waals surface area contributed by atoms with Crippen LogP contribution in [0.3, 0.4) is 0 Å². The summed E-state index contributed by atoms with van der Waals surface area (Å²) in [5, 5.41) is 8.79. The molecule has 1 aliphatic carbocycles. The zero-order chi connectivity index (χ0) is 15.4. The summed E-state index contributed by atoms with van der Waals surface area (Å²) >= 11 is 0. The Kier molecular flexibility index (Phi) is 3.16. The van der Waals surface area contributed by atoms with Crippen molar-refractivity contribution in [2.75, 3.05) is 0 Å². The largest absolute Gasteiger partial charge is 0.461 e. The standard InChI is InChI=1S/C16H19BFNO2/c1-15(2)16(3,4)21-17(20-15)13-8-12(13)11-6-5-10(9-19)7-14(11)18/h5-7,12-13H,8H2,1-4H3/t12-,13+/m1/s1. The van der Waals surface area contributed by atoms with Crippen molar-refractivity contribution in [2.45, 2.75) is 57.1 Å². The van der Waals surface area contributed by atoms with Crippen molar-refractivity contribution in [1.82, 2.24) is 0 Å². The second-order valence-corrected chi connectivity index (χ2v) is 6.98. The maximum Gasteiger partial charge on any atom is 0.461 e. The molecule has 1 saturated carbocycles. The third-order valence-electron chi connectivity index (χ3n) is 4.99. The van der Waals surface area contributed by atoms with E-state index in [1.54, 1.807) is 12.1 Å². The van der Waals surface area contributed by atoms with Crippen LogP contribution in [0.1, 0.15) is 51.2 Å². The fourth-order valence-electron chi connectivity index (χ4n) is 2.83. The Morgan fingerprint density at radius 3 is 2.38 bits per heavy atom. The van der Waals surface area contributed by atoms with Crippen molar-refractivity contribution >= 4 is 7.12 Å². The second-order valence-electron chi connectivity index (χ2n) is 6.98.